The zero-order valence-electron chi connectivity index (χ0n) is 8.28. The van der Waals surface area contributed by atoms with E-state index >= 15 is 0 Å². The van der Waals surface area contributed by atoms with E-state index in [1.54, 1.807) is 0 Å². The molecule has 0 bridgehead atoms. The van der Waals surface area contributed by atoms with Gasteiger partial charge >= 0.3 is 0 Å². The number of hydrogen-bond donors (Lipinski definition) is 0. The van der Waals surface area contributed by atoms with Gasteiger partial charge in [-0.25, -0.2) is 0 Å². The lowest BCUT2D eigenvalue weighted by atomic mass is 9.68. The molecule has 0 aliphatic carbocycles. The largest absolute Gasteiger partial charge is 0.0615 e. The fourth-order valence-electron chi connectivity index (χ4n) is 1.17. The van der Waals surface area contributed by atoms with Gasteiger partial charge in [0, 0.05) is 0 Å². The van der Waals surface area contributed by atoms with Crippen LogP contribution >= 0.6 is 0 Å². The van der Waals surface area contributed by atoms with Gasteiger partial charge in [0.05, 0.1) is 0 Å². The molecule has 0 aromatic heterocycles. The van der Waals surface area contributed by atoms with Crippen LogP contribution in [0, 0.1) is 23.7 Å². The predicted molar refractivity (Wildman–Crippen MR) is 47.8 cm³/mol. The van der Waals surface area contributed by atoms with Crippen LogP contribution in [-0.4, -0.2) is 0 Å². The van der Waals surface area contributed by atoms with E-state index in [1.165, 1.54) is 0 Å². The van der Waals surface area contributed by atoms with Gasteiger partial charge in [-0.15, -0.1) is 0 Å². The van der Waals surface area contributed by atoms with E-state index in [0.29, 0.717) is 11.3 Å². The molecule has 0 nitrogen and oxygen atoms in total. The second kappa shape index (κ2) is 2.56. The first kappa shape index (κ1) is 10.0. The molecule has 0 aliphatic heterocycles. The van der Waals surface area contributed by atoms with Gasteiger partial charge in [0.15, 0.2) is 0 Å². The summed E-state index contributed by atoms with van der Waals surface area (Å²) < 4.78 is 0. The van der Waals surface area contributed by atoms with Crippen LogP contribution in [0.2, 0.25) is 0 Å². The summed E-state index contributed by atoms with van der Waals surface area (Å²) in [6, 6.07) is 0. The Kier molecular flexibility index (Phi) is 2.56. The third-order valence-corrected chi connectivity index (χ3v) is 2.47. The van der Waals surface area contributed by atoms with Crippen molar-refractivity contribution in [3.8, 4) is 0 Å². The number of hydrogen-bond acceptors (Lipinski definition) is 0. The van der Waals surface area contributed by atoms with Crippen molar-refractivity contribution in [1.29, 1.82) is 0 Å². The average Bonchev–Trinajstić information content (AvgIpc) is 1.59. The van der Waals surface area contributed by atoms with Gasteiger partial charge in [-0.3, -0.25) is 0 Å². The molecule has 0 N–H and O–H groups in total. The van der Waals surface area contributed by atoms with Crippen LogP contribution in [0.4, 0.5) is 0 Å². The average molecular weight is 141 g/mol. The molecule has 10 heavy (non-hydrogen) atoms. The minimum Gasteiger partial charge on any atom is -0.0615 e. The fraction of sp³-hybridized carbons (Fsp3) is 0.900. The predicted octanol–water partition coefficient (Wildman–Crippen LogP) is 3.53. The molecule has 0 spiro atoms. The van der Waals surface area contributed by atoms with Gasteiger partial charge in [-0.1, -0.05) is 41.5 Å². The molecule has 0 aliphatic rings. The molecule has 1 atom stereocenters. The van der Waals surface area contributed by atoms with Gasteiger partial charge in [0.2, 0.25) is 0 Å². The quantitative estimate of drug-likeness (QED) is 0.524. The van der Waals surface area contributed by atoms with Gasteiger partial charge in [0.1, 0.15) is 0 Å². The summed E-state index contributed by atoms with van der Waals surface area (Å²) in [7, 11) is 0. The van der Waals surface area contributed by atoms with Gasteiger partial charge in [-0.05, 0) is 23.7 Å². The van der Waals surface area contributed by atoms with Crippen molar-refractivity contribution in [2.45, 2.75) is 41.5 Å². The number of rotatable bonds is 1. The summed E-state index contributed by atoms with van der Waals surface area (Å²) in [6.45, 7) is 17.6. The third kappa shape index (κ3) is 2.72. The fourth-order valence-corrected chi connectivity index (χ4v) is 1.17. The van der Waals surface area contributed by atoms with E-state index in [0.717, 1.165) is 0 Å². The molecule has 0 amide bonds. The minimum atomic E-state index is 0.193. The monoisotopic (exact) mass is 141 g/mol. The Bertz CT molecular complexity index is 84.2. The van der Waals surface area contributed by atoms with Gasteiger partial charge < -0.3 is 0 Å². The lowest BCUT2D eigenvalue weighted by Crippen LogP contribution is -2.29. The summed E-state index contributed by atoms with van der Waals surface area (Å²) in [5.41, 5.74) is 0.573. The highest BCUT2D eigenvalue weighted by Crippen LogP contribution is 2.38. The van der Waals surface area contributed by atoms with E-state index in [1.807, 2.05) is 0 Å². The van der Waals surface area contributed by atoms with E-state index in [-0.39, 0.29) is 5.41 Å². The van der Waals surface area contributed by atoms with E-state index in [4.69, 9.17) is 0 Å². The Labute approximate surface area is 66.0 Å². The molecule has 0 heteroatoms. The van der Waals surface area contributed by atoms with Crippen LogP contribution in [0.25, 0.3) is 0 Å². The highest BCUT2D eigenvalue weighted by molar-refractivity contribution is 4.84. The summed E-state index contributed by atoms with van der Waals surface area (Å²) in [5, 5.41) is 0. The van der Waals surface area contributed by atoms with Crippen molar-refractivity contribution in [3.05, 3.63) is 6.92 Å². The first-order chi connectivity index (χ1) is 4.15. The van der Waals surface area contributed by atoms with Gasteiger partial charge in [0.25, 0.3) is 0 Å². The molecule has 1 unspecified atom stereocenters. The van der Waals surface area contributed by atoms with Crippen LogP contribution in [0.3, 0.4) is 0 Å². The van der Waals surface area contributed by atoms with Crippen LogP contribution < -0.4 is 0 Å². The summed E-state index contributed by atoms with van der Waals surface area (Å²) >= 11 is 0. The first-order valence-corrected chi connectivity index (χ1v) is 4.01. The highest BCUT2D eigenvalue weighted by Gasteiger charge is 2.30. The Morgan fingerprint density at radius 2 is 1.30 bits per heavy atom. The topological polar surface area (TPSA) is 0 Å². The molecule has 0 saturated heterocycles. The second-order valence-electron chi connectivity index (χ2n) is 5.08. The van der Waals surface area contributed by atoms with Crippen LogP contribution in [0.15, 0.2) is 0 Å². The van der Waals surface area contributed by atoms with Crippen molar-refractivity contribution in [1.82, 2.24) is 0 Å². The SMILES string of the molecule is [CH2]C(C)(C)C(C)C(C)(C)C. The maximum atomic E-state index is 4.14. The molecule has 1 radical (unpaired) electrons. The smallest absolute Gasteiger partial charge is 0.0323 e. The standard InChI is InChI=1S/C10H21/c1-8(9(2,3)4)10(5,6)7/h8H,2H2,1,3-7H3. The minimum absolute atomic E-state index is 0.193. The molecule has 61 valence electrons. The van der Waals surface area contributed by atoms with Gasteiger partial charge in [-0.2, -0.15) is 0 Å². The van der Waals surface area contributed by atoms with E-state index < -0.39 is 0 Å². The second-order valence-corrected chi connectivity index (χ2v) is 5.08. The Morgan fingerprint density at radius 1 is 1.00 bits per heavy atom. The van der Waals surface area contributed by atoms with Crippen molar-refractivity contribution in [2.24, 2.45) is 16.7 Å². The van der Waals surface area contributed by atoms with E-state index in [2.05, 4.69) is 48.5 Å². The maximum absolute atomic E-state index is 4.14. The van der Waals surface area contributed by atoms with Crippen molar-refractivity contribution >= 4 is 0 Å². The lowest BCUT2D eigenvalue weighted by Gasteiger charge is -2.37. The normalized spacial score (nSPS) is 14.4. The Morgan fingerprint density at radius 3 is 1.30 bits per heavy atom. The summed E-state index contributed by atoms with van der Waals surface area (Å²) in [4.78, 5) is 0. The zero-order chi connectivity index (χ0) is 8.58. The third-order valence-electron chi connectivity index (χ3n) is 2.47. The molecule has 0 aromatic rings. The van der Waals surface area contributed by atoms with E-state index in [9.17, 15) is 0 Å². The molecule has 0 aromatic carbocycles. The molecular weight excluding hydrogens is 120 g/mol. The molecular formula is C10H21. The van der Waals surface area contributed by atoms with Crippen molar-refractivity contribution < 1.29 is 0 Å². The Balaban J connectivity index is 4.23. The first-order valence-electron chi connectivity index (χ1n) is 4.01. The molecule has 0 heterocycles. The van der Waals surface area contributed by atoms with Crippen molar-refractivity contribution in [3.63, 3.8) is 0 Å². The van der Waals surface area contributed by atoms with Crippen molar-refractivity contribution in [2.75, 3.05) is 0 Å². The lowest BCUT2D eigenvalue weighted by molar-refractivity contribution is 0.142. The molecule has 0 rings (SSSR count). The summed E-state index contributed by atoms with van der Waals surface area (Å²) in [5.74, 6) is 0.653. The highest BCUT2D eigenvalue weighted by atomic mass is 14.4. The summed E-state index contributed by atoms with van der Waals surface area (Å²) in [6.07, 6.45) is 0. The van der Waals surface area contributed by atoms with Crippen LogP contribution in [0.5, 0.6) is 0 Å². The molecule has 0 fully saturated rings. The maximum Gasteiger partial charge on any atom is -0.0323 e. The van der Waals surface area contributed by atoms with Crippen LogP contribution in [0.1, 0.15) is 41.5 Å². The zero-order valence-corrected chi connectivity index (χ0v) is 8.28. The Hall–Kier alpha value is 0. The molecule has 0 saturated carbocycles. The van der Waals surface area contributed by atoms with Crippen LogP contribution in [-0.2, 0) is 0 Å².